The Hall–Kier alpha value is -0.160. The van der Waals surface area contributed by atoms with Crippen molar-refractivity contribution in [2.75, 3.05) is 53.6 Å². The molecule has 0 radical (unpaired) electrons. The lowest BCUT2D eigenvalue weighted by atomic mass is 10.4. The minimum absolute atomic E-state index is 0.258. The summed E-state index contributed by atoms with van der Waals surface area (Å²) in [7, 11) is 4.06. The molecule has 13 heavy (non-hydrogen) atoms. The topological polar surface area (TPSA) is 44.7 Å². The highest BCUT2D eigenvalue weighted by Crippen LogP contribution is 1.78. The highest BCUT2D eigenvalue weighted by molar-refractivity contribution is 4.46. The van der Waals surface area contributed by atoms with Crippen LogP contribution in [0.2, 0.25) is 0 Å². The van der Waals surface area contributed by atoms with Crippen LogP contribution in [0.3, 0.4) is 0 Å². The Bertz CT molecular complexity index is 99.6. The molecule has 0 atom stereocenters. The first-order valence-electron chi connectivity index (χ1n) is 4.81. The van der Waals surface area contributed by atoms with Crippen molar-refractivity contribution in [1.82, 2.24) is 10.2 Å². The van der Waals surface area contributed by atoms with Gasteiger partial charge in [-0.05, 0) is 27.1 Å². The second-order valence-electron chi connectivity index (χ2n) is 3.24. The predicted octanol–water partition coefficient (Wildman–Crippen LogP) is -0.463. The fourth-order valence-electron chi connectivity index (χ4n) is 0.823. The highest BCUT2D eigenvalue weighted by Gasteiger charge is 1.90. The van der Waals surface area contributed by atoms with E-state index in [0.717, 1.165) is 39.3 Å². The van der Waals surface area contributed by atoms with E-state index in [9.17, 15) is 0 Å². The van der Waals surface area contributed by atoms with Crippen LogP contribution in [0.25, 0.3) is 0 Å². The molecule has 0 aromatic heterocycles. The third-order valence-corrected chi connectivity index (χ3v) is 1.62. The molecule has 0 bridgehead atoms. The predicted molar refractivity (Wildman–Crippen MR) is 53.9 cm³/mol. The highest BCUT2D eigenvalue weighted by atomic mass is 16.5. The number of likely N-dealkylation sites (N-methyl/N-ethyl adjacent to an activating group) is 1. The van der Waals surface area contributed by atoms with Gasteiger partial charge in [0.15, 0.2) is 0 Å². The molecule has 0 amide bonds. The average molecular weight is 190 g/mol. The van der Waals surface area contributed by atoms with Crippen LogP contribution in [0.1, 0.15) is 6.42 Å². The average Bonchev–Trinajstić information content (AvgIpc) is 2.09. The van der Waals surface area contributed by atoms with Crippen molar-refractivity contribution in [3.8, 4) is 0 Å². The zero-order valence-corrected chi connectivity index (χ0v) is 8.75. The van der Waals surface area contributed by atoms with Crippen molar-refractivity contribution >= 4 is 0 Å². The van der Waals surface area contributed by atoms with Crippen LogP contribution in [-0.2, 0) is 4.74 Å². The fourth-order valence-corrected chi connectivity index (χ4v) is 0.823. The number of ether oxygens (including phenoxy) is 1. The van der Waals surface area contributed by atoms with Gasteiger partial charge in [0.2, 0.25) is 0 Å². The van der Waals surface area contributed by atoms with Gasteiger partial charge >= 0.3 is 0 Å². The number of aliphatic hydroxyl groups is 1. The van der Waals surface area contributed by atoms with E-state index >= 15 is 0 Å². The maximum atomic E-state index is 8.49. The Morgan fingerprint density at radius 2 is 2.00 bits per heavy atom. The van der Waals surface area contributed by atoms with E-state index in [1.807, 2.05) is 14.1 Å². The molecule has 2 N–H and O–H groups in total. The van der Waals surface area contributed by atoms with E-state index in [-0.39, 0.29) is 6.61 Å². The van der Waals surface area contributed by atoms with Crippen LogP contribution in [0.4, 0.5) is 0 Å². The molecule has 0 heterocycles. The van der Waals surface area contributed by atoms with Crippen LogP contribution in [-0.4, -0.2) is 63.6 Å². The van der Waals surface area contributed by atoms with Crippen LogP contribution in [0.15, 0.2) is 0 Å². The third-order valence-electron chi connectivity index (χ3n) is 1.62. The Labute approximate surface area is 80.9 Å². The van der Waals surface area contributed by atoms with Crippen LogP contribution < -0.4 is 5.32 Å². The summed E-state index contributed by atoms with van der Waals surface area (Å²) in [6, 6.07) is 0. The molecule has 0 unspecified atom stereocenters. The standard InChI is InChI=1S/C9H22N2O2/c1-11(2)6-9-13-8-5-10-4-3-7-12/h10,12H,3-9H2,1-2H3. The number of nitrogens with one attached hydrogen (secondary N) is 1. The molecule has 0 saturated heterocycles. The summed E-state index contributed by atoms with van der Waals surface area (Å²) in [6.07, 6.45) is 0.817. The van der Waals surface area contributed by atoms with Gasteiger partial charge in [-0.3, -0.25) is 0 Å². The molecule has 4 nitrogen and oxygen atoms in total. The Balaban J connectivity index is 2.84. The normalized spacial score (nSPS) is 11.1. The van der Waals surface area contributed by atoms with Crippen molar-refractivity contribution < 1.29 is 9.84 Å². The van der Waals surface area contributed by atoms with Gasteiger partial charge in [-0.15, -0.1) is 0 Å². The van der Waals surface area contributed by atoms with Crippen LogP contribution >= 0.6 is 0 Å². The van der Waals surface area contributed by atoms with Gasteiger partial charge in [0.25, 0.3) is 0 Å². The molecular weight excluding hydrogens is 168 g/mol. The molecule has 0 aliphatic heterocycles. The zero-order chi connectivity index (χ0) is 9.94. The molecule has 0 saturated carbocycles. The first-order chi connectivity index (χ1) is 6.27. The lowest BCUT2D eigenvalue weighted by Crippen LogP contribution is -2.24. The molecule has 0 aliphatic rings. The smallest absolute Gasteiger partial charge is 0.0593 e. The molecule has 0 fully saturated rings. The number of aliphatic hydroxyl groups excluding tert-OH is 1. The maximum Gasteiger partial charge on any atom is 0.0593 e. The van der Waals surface area contributed by atoms with Gasteiger partial charge in [0.05, 0.1) is 13.2 Å². The number of hydrogen-bond donors (Lipinski definition) is 2. The van der Waals surface area contributed by atoms with Gasteiger partial charge in [-0.2, -0.15) is 0 Å². The molecule has 4 heteroatoms. The van der Waals surface area contributed by atoms with Crippen molar-refractivity contribution in [3.63, 3.8) is 0 Å². The molecule has 80 valence electrons. The van der Waals surface area contributed by atoms with E-state index in [1.165, 1.54) is 0 Å². The molecule has 0 aliphatic carbocycles. The molecule has 0 spiro atoms. The summed E-state index contributed by atoms with van der Waals surface area (Å²) in [5.41, 5.74) is 0. The number of hydrogen-bond acceptors (Lipinski definition) is 4. The van der Waals surface area contributed by atoms with Gasteiger partial charge in [0.1, 0.15) is 0 Å². The second-order valence-corrected chi connectivity index (χ2v) is 3.24. The minimum atomic E-state index is 0.258. The zero-order valence-electron chi connectivity index (χ0n) is 8.75. The second kappa shape index (κ2) is 9.92. The van der Waals surface area contributed by atoms with Crippen molar-refractivity contribution in [3.05, 3.63) is 0 Å². The monoisotopic (exact) mass is 190 g/mol. The van der Waals surface area contributed by atoms with Crippen LogP contribution in [0, 0.1) is 0 Å². The maximum absolute atomic E-state index is 8.49. The van der Waals surface area contributed by atoms with Crippen molar-refractivity contribution in [1.29, 1.82) is 0 Å². The summed E-state index contributed by atoms with van der Waals surface area (Å²) in [5, 5.41) is 11.7. The molecule has 0 aromatic carbocycles. The fraction of sp³-hybridized carbons (Fsp3) is 1.00. The Morgan fingerprint density at radius 3 is 2.62 bits per heavy atom. The molecule has 0 aromatic rings. The van der Waals surface area contributed by atoms with Gasteiger partial charge in [-0.1, -0.05) is 0 Å². The Kier molecular flexibility index (Phi) is 9.80. The van der Waals surface area contributed by atoms with Gasteiger partial charge in [0, 0.05) is 19.7 Å². The summed E-state index contributed by atoms with van der Waals surface area (Å²) in [6.45, 7) is 4.50. The first kappa shape index (κ1) is 12.8. The quantitative estimate of drug-likeness (QED) is 0.483. The summed E-state index contributed by atoms with van der Waals surface area (Å²) in [5.74, 6) is 0. The largest absolute Gasteiger partial charge is 0.396 e. The van der Waals surface area contributed by atoms with E-state index in [4.69, 9.17) is 9.84 Å². The van der Waals surface area contributed by atoms with E-state index in [0.29, 0.717) is 0 Å². The number of nitrogens with zero attached hydrogens (tertiary/aromatic N) is 1. The summed E-state index contributed by atoms with van der Waals surface area (Å²) in [4.78, 5) is 2.10. The van der Waals surface area contributed by atoms with E-state index in [1.54, 1.807) is 0 Å². The summed E-state index contributed by atoms with van der Waals surface area (Å²) >= 11 is 0. The SMILES string of the molecule is CN(C)CCOCCNCCCO. The minimum Gasteiger partial charge on any atom is -0.396 e. The first-order valence-corrected chi connectivity index (χ1v) is 4.81. The van der Waals surface area contributed by atoms with E-state index < -0.39 is 0 Å². The summed E-state index contributed by atoms with van der Waals surface area (Å²) < 4.78 is 5.36. The Morgan fingerprint density at radius 1 is 1.23 bits per heavy atom. The van der Waals surface area contributed by atoms with Crippen molar-refractivity contribution in [2.45, 2.75) is 6.42 Å². The van der Waals surface area contributed by atoms with Gasteiger partial charge in [-0.25, -0.2) is 0 Å². The third kappa shape index (κ3) is 11.8. The lowest BCUT2D eigenvalue weighted by Gasteiger charge is -2.09. The molecular formula is C9H22N2O2. The van der Waals surface area contributed by atoms with Crippen molar-refractivity contribution in [2.24, 2.45) is 0 Å². The van der Waals surface area contributed by atoms with E-state index in [2.05, 4.69) is 10.2 Å². The lowest BCUT2D eigenvalue weighted by molar-refractivity contribution is 0.119. The van der Waals surface area contributed by atoms with Gasteiger partial charge < -0.3 is 20.1 Å². The number of rotatable bonds is 9. The van der Waals surface area contributed by atoms with Crippen LogP contribution in [0.5, 0.6) is 0 Å². The molecule has 0 rings (SSSR count).